The van der Waals surface area contributed by atoms with Crippen LogP contribution in [0.4, 0.5) is 0 Å². The van der Waals surface area contributed by atoms with E-state index in [2.05, 4.69) is 18.7 Å². The number of fused-ring (bicyclic) bond motifs is 1. The van der Waals surface area contributed by atoms with E-state index in [1.54, 1.807) is 6.07 Å². The highest BCUT2D eigenvalue weighted by Gasteiger charge is 2.26. The zero-order chi connectivity index (χ0) is 14.2. The van der Waals surface area contributed by atoms with Gasteiger partial charge in [-0.25, -0.2) is 0 Å². The molecule has 2 aliphatic heterocycles. The first-order valence-corrected chi connectivity index (χ1v) is 7.19. The number of benzene rings is 1. The first-order chi connectivity index (χ1) is 9.53. The van der Waals surface area contributed by atoms with Crippen LogP contribution in [0.1, 0.15) is 37.0 Å². The third kappa shape index (κ3) is 2.80. The number of piperidine rings is 1. The number of hydrogen-bond donors (Lipinski definition) is 0. The highest BCUT2D eigenvalue weighted by Crippen LogP contribution is 2.33. The van der Waals surface area contributed by atoms with Gasteiger partial charge in [0.05, 0.1) is 6.54 Å². The lowest BCUT2D eigenvalue weighted by atomic mass is 9.82. The van der Waals surface area contributed by atoms with E-state index in [1.165, 1.54) is 0 Å². The standard InChI is InChI=1S/C16H21NO3/c1-16(2)5-7-17(8-6-16)10-13(18)12-3-4-14-15(9-12)20-11-19-14/h3-4,9H,5-8,10-11H2,1-2H3. The Morgan fingerprint density at radius 2 is 1.90 bits per heavy atom. The van der Waals surface area contributed by atoms with E-state index in [9.17, 15) is 4.79 Å². The molecule has 20 heavy (non-hydrogen) atoms. The number of hydrogen-bond acceptors (Lipinski definition) is 4. The van der Waals surface area contributed by atoms with Crippen LogP contribution in [0, 0.1) is 5.41 Å². The van der Waals surface area contributed by atoms with Crippen LogP contribution < -0.4 is 9.47 Å². The molecule has 0 atom stereocenters. The molecule has 4 heteroatoms. The minimum absolute atomic E-state index is 0.156. The van der Waals surface area contributed by atoms with Gasteiger partial charge in [-0.3, -0.25) is 9.69 Å². The van der Waals surface area contributed by atoms with Gasteiger partial charge < -0.3 is 9.47 Å². The van der Waals surface area contributed by atoms with Crippen molar-refractivity contribution in [3.05, 3.63) is 23.8 Å². The average Bonchev–Trinajstić information content (AvgIpc) is 2.88. The lowest BCUT2D eigenvalue weighted by molar-refractivity contribution is 0.0845. The SMILES string of the molecule is CC1(C)CCN(CC(=O)c2ccc3c(c2)OCO3)CC1. The van der Waals surface area contributed by atoms with Crippen LogP contribution in [0.3, 0.4) is 0 Å². The van der Waals surface area contributed by atoms with Crippen LogP contribution in [0.25, 0.3) is 0 Å². The molecule has 0 radical (unpaired) electrons. The van der Waals surface area contributed by atoms with Gasteiger partial charge in [-0.15, -0.1) is 0 Å². The van der Waals surface area contributed by atoms with Crippen molar-refractivity contribution in [3.8, 4) is 11.5 Å². The summed E-state index contributed by atoms with van der Waals surface area (Å²) in [6.07, 6.45) is 2.31. The van der Waals surface area contributed by atoms with E-state index in [0.29, 0.717) is 23.3 Å². The number of ketones is 1. The Morgan fingerprint density at radius 1 is 1.20 bits per heavy atom. The molecule has 3 rings (SSSR count). The van der Waals surface area contributed by atoms with Gasteiger partial charge >= 0.3 is 0 Å². The quantitative estimate of drug-likeness (QED) is 0.795. The average molecular weight is 275 g/mol. The molecule has 0 unspecified atom stereocenters. The van der Waals surface area contributed by atoms with Crippen molar-refractivity contribution in [2.45, 2.75) is 26.7 Å². The predicted octanol–water partition coefficient (Wildman–Crippen LogP) is 2.72. The second-order valence-electron chi connectivity index (χ2n) is 6.43. The maximum absolute atomic E-state index is 12.3. The summed E-state index contributed by atoms with van der Waals surface area (Å²) in [4.78, 5) is 14.6. The van der Waals surface area contributed by atoms with Crippen LogP contribution in [0.15, 0.2) is 18.2 Å². The Bertz CT molecular complexity index is 514. The van der Waals surface area contributed by atoms with E-state index < -0.39 is 0 Å². The van der Waals surface area contributed by atoms with Gasteiger partial charge in [-0.2, -0.15) is 0 Å². The molecular weight excluding hydrogens is 254 g/mol. The van der Waals surface area contributed by atoms with E-state index >= 15 is 0 Å². The maximum Gasteiger partial charge on any atom is 0.231 e. The number of Topliss-reactive ketones (excluding diaryl/α,β-unsaturated/α-hetero) is 1. The third-order valence-corrected chi connectivity index (χ3v) is 4.27. The van der Waals surface area contributed by atoms with Crippen molar-refractivity contribution in [3.63, 3.8) is 0 Å². The molecule has 0 saturated carbocycles. The molecule has 0 amide bonds. The van der Waals surface area contributed by atoms with Crippen LogP contribution in [-0.4, -0.2) is 37.1 Å². The Hall–Kier alpha value is -1.55. The van der Waals surface area contributed by atoms with Gasteiger partial charge in [0.1, 0.15) is 0 Å². The summed E-state index contributed by atoms with van der Waals surface area (Å²) in [7, 11) is 0. The summed E-state index contributed by atoms with van der Waals surface area (Å²) in [5.41, 5.74) is 1.12. The molecular formula is C16H21NO3. The molecule has 108 valence electrons. The number of ether oxygens (including phenoxy) is 2. The summed E-state index contributed by atoms with van der Waals surface area (Å²) in [5.74, 6) is 1.56. The molecule has 0 aliphatic carbocycles. The van der Waals surface area contributed by atoms with Crippen molar-refractivity contribution in [2.75, 3.05) is 26.4 Å². The van der Waals surface area contributed by atoms with Gasteiger partial charge in [-0.1, -0.05) is 13.8 Å². The van der Waals surface area contributed by atoms with Gasteiger partial charge in [-0.05, 0) is 49.5 Å². The number of likely N-dealkylation sites (tertiary alicyclic amines) is 1. The first-order valence-electron chi connectivity index (χ1n) is 7.19. The summed E-state index contributed by atoms with van der Waals surface area (Å²) in [6, 6.07) is 5.43. The Labute approximate surface area is 119 Å². The number of carbonyl (C=O) groups excluding carboxylic acids is 1. The summed E-state index contributed by atoms with van der Waals surface area (Å²) in [5, 5.41) is 0. The second kappa shape index (κ2) is 5.09. The topological polar surface area (TPSA) is 38.8 Å². The summed E-state index contributed by atoms with van der Waals surface area (Å²) in [6.45, 7) is 7.34. The maximum atomic E-state index is 12.3. The molecule has 0 N–H and O–H groups in total. The Balaban J connectivity index is 1.62. The summed E-state index contributed by atoms with van der Waals surface area (Å²) >= 11 is 0. The molecule has 2 heterocycles. The molecule has 2 aliphatic rings. The van der Waals surface area contributed by atoms with Gasteiger partial charge in [0, 0.05) is 5.56 Å². The van der Waals surface area contributed by atoms with Crippen LogP contribution in [0.2, 0.25) is 0 Å². The molecule has 1 saturated heterocycles. The lowest BCUT2D eigenvalue weighted by Gasteiger charge is -2.36. The Kier molecular flexibility index (Phi) is 3.42. The van der Waals surface area contributed by atoms with Crippen molar-refractivity contribution in [2.24, 2.45) is 5.41 Å². The van der Waals surface area contributed by atoms with Gasteiger partial charge in [0.2, 0.25) is 6.79 Å². The monoisotopic (exact) mass is 275 g/mol. The number of nitrogens with zero attached hydrogens (tertiary/aromatic N) is 1. The highest BCUT2D eigenvalue weighted by atomic mass is 16.7. The van der Waals surface area contributed by atoms with E-state index in [-0.39, 0.29) is 12.6 Å². The zero-order valence-corrected chi connectivity index (χ0v) is 12.1. The second-order valence-corrected chi connectivity index (χ2v) is 6.43. The predicted molar refractivity (Wildman–Crippen MR) is 76.4 cm³/mol. The molecule has 0 spiro atoms. The smallest absolute Gasteiger partial charge is 0.231 e. The molecule has 1 fully saturated rings. The highest BCUT2D eigenvalue weighted by molar-refractivity contribution is 5.98. The van der Waals surface area contributed by atoms with Crippen molar-refractivity contribution < 1.29 is 14.3 Å². The fourth-order valence-electron chi connectivity index (χ4n) is 2.68. The lowest BCUT2D eigenvalue weighted by Crippen LogP contribution is -2.40. The summed E-state index contributed by atoms with van der Waals surface area (Å²) < 4.78 is 10.6. The third-order valence-electron chi connectivity index (χ3n) is 4.27. The van der Waals surface area contributed by atoms with Gasteiger partial charge in [0.15, 0.2) is 17.3 Å². The van der Waals surface area contributed by atoms with Crippen LogP contribution in [0.5, 0.6) is 11.5 Å². The van der Waals surface area contributed by atoms with E-state index in [4.69, 9.17) is 9.47 Å². The van der Waals surface area contributed by atoms with Crippen molar-refractivity contribution >= 4 is 5.78 Å². The molecule has 0 bridgehead atoms. The normalized spacial score (nSPS) is 20.9. The Morgan fingerprint density at radius 3 is 2.65 bits per heavy atom. The van der Waals surface area contributed by atoms with Gasteiger partial charge in [0.25, 0.3) is 0 Å². The molecule has 0 aromatic heterocycles. The van der Waals surface area contributed by atoms with Crippen LogP contribution in [-0.2, 0) is 0 Å². The van der Waals surface area contributed by atoms with Crippen molar-refractivity contribution in [1.82, 2.24) is 4.90 Å². The van der Waals surface area contributed by atoms with Crippen LogP contribution >= 0.6 is 0 Å². The largest absolute Gasteiger partial charge is 0.454 e. The van der Waals surface area contributed by atoms with E-state index in [0.717, 1.165) is 31.7 Å². The fourth-order valence-corrected chi connectivity index (χ4v) is 2.68. The molecule has 1 aromatic rings. The molecule has 1 aromatic carbocycles. The molecule has 4 nitrogen and oxygen atoms in total. The number of carbonyl (C=O) groups is 1. The number of rotatable bonds is 3. The van der Waals surface area contributed by atoms with E-state index in [1.807, 2.05) is 12.1 Å². The first kappa shape index (κ1) is 13.4. The van der Waals surface area contributed by atoms with Crippen molar-refractivity contribution in [1.29, 1.82) is 0 Å². The minimum atomic E-state index is 0.156. The minimum Gasteiger partial charge on any atom is -0.454 e. The zero-order valence-electron chi connectivity index (χ0n) is 12.1. The fraction of sp³-hybridized carbons (Fsp3) is 0.562.